The van der Waals surface area contributed by atoms with Gasteiger partial charge in [-0.1, -0.05) is 46.4 Å². The molecule has 0 atom stereocenters. The van der Waals surface area contributed by atoms with Crippen LogP contribution in [0.3, 0.4) is 0 Å². The predicted molar refractivity (Wildman–Crippen MR) is 69.7 cm³/mol. The number of carbonyl (C=O) groups is 1. The Kier molecular flexibility index (Phi) is 5.38. The first-order valence-electron chi connectivity index (χ1n) is 4.52. The Morgan fingerprint density at radius 3 is 2.21 bits per heavy atom. The van der Waals surface area contributed by atoms with Crippen molar-refractivity contribution < 1.29 is 18.0 Å². The van der Waals surface area contributed by atoms with Crippen LogP contribution in [0.25, 0.3) is 0 Å². The van der Waals surface area contributed by atoms with E-state index in [9.17, 15) is 18.0 Å². The van der Waals surface area contributed by atoms with Gasteiger partial charge >= 0.3 is 6.18 Å². The van der Waals surface area contributed by atoms with Gasteiger partial charge in [0.25, 0.3) is 5.91 Å². The molecule has 0 radical (unpaired) electrons. The maximum Gasteiger partial charge on any atom is 0.417 e. The maximum absolute atomic E-state index is 12.6. The fraction of sp³-hybridized carbons (Fsp3) is 0.100. The van der Waals surface area contributed by atoms with E-state index in [1.54, 1.807) is 0 Å². The second kappa shape index (κ2) is 6.22. The summed E-state index contributed by atoms with van der Waals surface area (Å²) in [5.74, 6) is -0.933. The molecule has 0 saturated heterocycles. The highest BCUT2D eigenvalue weighted by Crippen LogP contribution is 2.36. The first-order chi connectivity index (χ1) is 8.62. The molecule has 104 valence electrons. The number of nitrogens with one attached hydrogen (secondary N) is 1. The Morgan fingerprint density at radius 1 is 1.16 bits per heavy atom. The predicted octanol–water partition coefficient (Wildman–Crippen LogP) is 5.18. The zero-order chi connectivity index (χ0) is 14.8. The third kappa shape index (κ3) is 4.45. The van der Waals surface area contributed by atoms with E-state index < -0.39 is 32.2 Å². The summed E-state index contributed by atoms with van der Waals surface area (Å²) in [6.07, 6.45) is -4.64. The fourth-order valence-corrected chi connectivity index (χ4v) is 1.54. The molecule has 19 heavy (non-hydrogen) atoms. The number of anilines is 1. The molecule has 0 saturated carbocycles. The second-order valence-corrected chi connectivity index (χ2v) is 4.96. The summed E-state index contributed by atoms with van der Waals surface area (Å²) in [7, 11) is 0. The molecule has 1 aromatic carbocycles. The molecular weight excluding hydrogens is 349 g/mol. The van der Waals surface area contributed by atoms with Crippen molar-refractivity contribution in [3.05, 3.63) is 38.3 Å². The van der Waals surface area contributed by atoms with Crippen LogP contribution in [0.5, 0.6) is 0 Å². The first kappa shape index (κ1) is 16.4. The van der Waals surface area contributed by atoms with Crippen molar-refractivity contribution in [2.45, 2.75) is 6.18 Å². The van der Waals surface area contributed by atoms with Crippen LogP contribution in [0.1, 0.15) is 5.56 Å². The van der Waals surface area contributed by atoms with E-state index in [-0.39, 0.29) is 5.69 Å². The Labute approximate surface area is 126 Å². The molecule has 1 rings (SSSR count). The average Bonchev–Trinajstić information content (AvgIpc) is 2.28. The molecule has 0 spiro atoms. The minimum Gasteiger partial charge on any atom is -0.321 e. The number of halogens is 7. The molecule has 0 fully saturated rings. The third-order valence-electron chi connectivity index (χ3n) is 1.89. The second-order valence-electron chi connectivity index (χ2n) is 3.22. The largest absolute Gasteiger partial charge is 0.417 e. The fourth-order valence-electron chi connectivity index (χ4n) is 1.09. The summed E-state index contributed by atoms with van der Waals surface area (Å²) in [5.41, 5.74) is -1.22. The number of rotatable bonds is 2. The summed E-state index contributed by atoms with van der Waals surface area (Å²) >= 11 is 21.4. The first-order valence-corrected chi connectivity index (χ1v) is 6.03. The molecule has 0 aliphatic heterocycles. The maximum atomic E-state index is 12.6. The van der Waals surface area contributed by atoms with Crippen LogP contribution in [0.4, 0.5) is 18.9 Å². The molecule has 1 N–H and O–H groups in total. The lowest BCUT2D eigenvalue weighted by molar-refractivity contribution is -0.137. The van der Waals surface area contributed by atoms with Gasteiger partial charge < -0.3 is 5.32 Å². The molecule has 0 heterocycles. The van der Waals surface area contributed by atoms with E-state index in [1.165, 1.54) is 6.07 Å². The number of benzene rings is 1. The van der Waals surface area contributed by atoms with Crippen LogP contribution in [-0.4, -0.2) is 5.91 Å². The SMILES string of the molecule is O=C(Nc1ccc(Cl)c(C(F)(F)F)c1)C(Cl)=C(Cl)Cl. The lowest BCUT2D eigenvalue weighted by Gasteiger charge is -2.11. The summed E-state index contributed by atoms with van der Waals surface area (Å²) < 4.78 is 37.2. The summed E-state index contributed by atoms with van der Waals surface area (Å²) in [5, 5.41) is 1.09. The lowest BCUT2D eigenvalue weighted by atomic mass is 10.2. The molecule has 1 aromatic rings. The smallest absolute Gasteiger partial charge is 0.321 e. The Bertz CT molecular complexity index is 538. The summed E-state index contributed by atoms with van der Waals surface area (Å²) in [6.45, 7) is 0. The van der Waals surface area contributed by atoms with Crippen LogP contribution in [0.2, 0.25) is 5.02 Å². The topological polar surface area (TPSA) is 29.1 Å². The van der Waals surface area contributed by atoms with E-state index in [0.29, 0.717) is 6.07 Å². The molecule has 0 aliphatic rings. The minimum absolute atomic E-state index is 0.144. The highest BCUT2D eigenvalue weighted by molar-refractivity contribution is 6.63. The van der Waals surface area contributed by atoms with Crippen LogP contribution in [0, 0.1) is 0 Å². The van der Waals surface area contributed by atoms with Gasteiger partial charge in [-0.05, 0) is 18.2 Å². The van der Waals surface area contributed by atoms with E-state index in [1.807, 2.05) is 0 Å². The van der Waals surface area contributed by atoms with E-state index in [4.69, 9.17) is 46.4 Å². The normalized spacial score (nSPS) is 11.1. The molecule has 0 bridgehead atoms. The zero-order valence-corrected chi connectivity index (χ0v) is 11.8. The standard InChI is InChI=1S/C10H4Cl4F3NO/c11-6-2-1-4(3-5(6)10(15,16)17)18-9(19)7(12)8(13)14/h1-3H,(H,18,19). The van der Waals surface area contributed by atoms with Crippen molar-refractivity contribution in [1.29, 1.82) is 0 Å². The minimum atomic E-state index is -4.64. The van der Waals surface area contributed by atoms with Crippen molar-refractivity contribution in [2.75, 3.05) is 5.32 Å². The zero-order valence-electron chi connectivity index (χ0n) is 8.79. The molecule has 2 nitrogen and oxygen atoms in total. The van der Waals surface area contributed by atoms with Gasteiger partial charge in [0.2, 0.25) is 0 Å². The molecule has 0 aromatic heterocycles. The lowest BCUT2D eigenvalue weighted by Crippen LogP contribution is -2.13. The Morgan fingerprint density at radius 2 is 1.74 bits per heavy atom. The molecule has 0 unspecified atom stereocenters. The van der Waals surface area contributed by atoms with Crippen LogP contribution in [0.15, 0.2) is 27.7 Å². The number of hydrogen-bond acceptors (Lipinski definition) is 1. The summed E-state index contributed by atoms with van der Waals surface area (Å²) in [4.78, 5) is 11.4. The van der Waals surface area contributed by atoms with Gasteiger partial charge in [-0.25, -0.2) is 0 Å². The van der Waals surface area contributed by atoms with E-state index in [2.05, 4.69) is 5.32 Å². The third-order valence-corrected chi connectivity index (χ3v) is 3.16. The monoisotopic (exact) mass is 351 g/mol. The van der Waals surface area contributed by atoms with Gasteiger partial charge in [0.05, 0.1) is 10.6 Å². The quantitative estimate of drug-likeness (QED) is 0.730. The van der Waals surface area contributed by atoms with Gasteiger partial charge in [-0.2, -0.15) is 13.2 Å². The van der Waals surface area contributed by atoms with Gasteiger partial charge in [-0.15, -0.1) is 0 Å². The highest BCUT2D eigenvalue weighted by atomic mass is 35.5. The molecule has 1 amide bonds. The highest BCUT2D eigenvalue weighted by Gasteiger charge is 2.33. The van der Waals surface area contributed by atoms with Crippen LogP contribution < -0.4 is 5.32 Å². The van der Waals surface area contributed by atoms with Gasteiger partial charge in [-0.3, -0.25) is 4.79 Å². The number of carbonyl (C=O) groups excluding carboxylic acids is 1. The Balaban J connectivity index is 3.06. The van der Waals surface area contributed by atoms with E-state index in [0.717, 1.165) is 6.07 Å². The van der Waals surface area contributed by atoms with Crippen molar-refractivity contribution in [2.24, 2.45) is 0 Å². The van der Waals surface area contributed by atoms with E-state index >= 15 is 0 Å². The van der Waals surface area contributed by atoms with Gasteiger partial charge in [0.15, 0.2) is 0 Å². The number of amides is 1. The molecular formula is C10H4Cl4F3NO. The van der Waals surface area contributed by atoms with Crippen molar-refractivity contribution in [3.63, 3.8) is 0 Å². The van der Waals surface area contributed by atoms with Crippen molar-refractivity contribution in [3.8, 4) is 0 Å². The molecule has 9 heteroatoms. The Hall–Kier alpha value is -0.620. The summed E-state index contributed by atoms with van der Waals surface area (Å²) in [6, 6.07) is 2.86. The van der Waals surface area contributed by atoms with Crippen LogP contribution >= 0.6 is 46.4 Å². The van der Waals surface area contributed by atoms with Crippen molar-refractivity contribution in [1.82, 2.24) is 0 Å². The number of alkyl halides is 3. The van der Waals surface area contributed by atoms with Crippen LogP contribution in [-0.2, 0) is 11.0 Å². The average molecular weight is 353 g/mol. The van der Waals surface area contributed by atoms with Gasteiger partial charge in [0, 0.05) is 5.69 Å². The van der Waals surface area contributed by atoms with Gasteiger partial charge in [0.1, 0.15) is 9.52 Å². The number of hydrogen-bond donors (Lipinski definition) is 1. The molecule has 0 aliphatic carbocycles. The van der Waals surface area contributed by atoms with Crippen molar-refractivity contribution >= 4 is 58.0 Å².